The number of benzene rings is 1. The van der Waals surface area contributed by atoms with E-state index in [0.717, 1.165) is 47.5 Å². The highest BCUT2D eigenvalue weighted by Gasteiger charge is 2.20. The molecule has 2 aliphatic rings. The molecule has 1 aromatic carbocycles. The number of aromatic hydroxyl groups is 1. The predicted molar refractivity (Wildman–Crippen MR) is 86.9 cm³/mol. The molecule has 0 bridgehead atoms. The molecule has 0 spiro atoms. The molecule has 0 saturated carbocycles. The summed E-state index contributed by atoms with van der Waals surface area (Å²) >= 11 is 0. The fraction of sp³-hybridized carbons (Fsp3) is 0.176. The van der Waals surface area contributed by atoms with Crippen LogP contribution in [0.1, 0.15) is 29.1 Å². The minimum Gasteiger partial charge on any atom is -0.492 e. The average Bonchev–Trinajstić information content (AvgIpc) is 3.24. The van der Waals surface area contributed by atoms with Gasteiger partial charge in [0.05, 0.1) is 17.1 Å². The lowest BCUT2D eigenvalue weighted by Crippen LogP contribution is -2.03. The van der Waals surface area contributed by atoms with Gasteiger partial charge in [0.2, 0.25) is 5.88 Å². The van der Waals surface area contributed by atoms with Gasteiger partial charge < -0.3 is 5.11 Å². The number of hydrogen-bond acceptors (Lipinski definition) is 5. The number of imidazole rings is 1. The summed E-state index contributed by atoms with van der Waals surface area (Å²) < 4.78 is 1.63. The molecule has 2 aromatic heterocycles. The van der Waals surface area contributed by atoms with E-state index in [1.54, 1.807) is 10.7 Å². The molecule has 0 atom stereocenters. The summed E-state index contributed by atoms with van der Waals surface area (Å²) in [6, 6.07) is 7.91. The van der Waals surface area contributed by atoms with Crippen molar-refractivity contribution in [2.75, 3.05) is 0 Å². The Hall–Kier alpha value is -3.02. The molecule has 0 radical (unpaired) electrons. The SMILES string of the molecule is Oc1nc2nc3c(nn2c1C=C1C=Nc2ccccc21)CCC3. The third kappa shape index (κ3) is 1.81. The average molecular weight is 303 g/mol. The minimum atomic E-state index is -0.0565. The summed E-state index contributed by atoms with van der Waals surface area (Å²) in [6.45, 7) is 0. The Morgan fingerprint density at radius 1 is 1.09 bits per heavy atom. The first-order chi connectivity index (χ1) is 11.3. The maximum Gasteiger partial charge on any atom is 0.254 e. The molecule has 6 heteroatoms. The van der Waals surface area contributed by atoms with E-state index in [1.165, 1.54) is 0 Å². The number of rotatable bonds is 1. The molecule has 5 rings (SSSR count). The molecule has 3 heterocycles. The normalized spacial score (nSPS) is 17.1. The Kier molecular flexibility index (Phi) is 2.44. The molecule has 1 aliphatic carbocycles. The van der Waals surface area contributed by atoms with Gasteiger partial charge >= 0.3 is 0 Å². The largest absolute Gasteiger partial charge is 0.492 e. The molecular weight excluding hydrogens is 290 g/mol. The second-order valence-corrected chi connectivity index (χ2v) is 5.77. The molecule has 0 saturated heterocycles. The zero-order chi connectivity index (χ0) is 15.4. The van der Waals surface area contributed by atoms with Crippen molar-refractivity contribution in [1.82, 2.24) is 19.6 Å². The van der Waals surface area contributed by atoms with Crippen LogP contribution in [0, 0.1) is 0 Å². The topological polar surface area (TPSA) is 75.7 Å². The molecule has 0 amide bonds. The second kappa shape index (κ2) is 4.49. The summed E-state index contributed by atoms with van der Waals surface area (Å²) in [5.74, 6) is 0.386. The lowest BCUT2D eigenvalue weighted by molar-refractivity contribution is 0.455. The highest BCUT2D eigenvalue weighted by Crippen LogP contribution is 2.33. The molecule has 1 aliphatic heterocycles. The number of allylic oxidation sites excluding steroid dienone is 1. The van der Waals surface area contributed by atoms with Crippen LogP contribution in [0.3, 0.4) is 0 Å². The van der Waals surface area contributed by atoms with Crippen LogP contribution in [0.2, 0.25) is 0 Å². The van der Waals surface area contributed by atoms with Gasteiger partial charge in [-0.3, -0.25) is 4.99 Å². The van der Waals surface area contributed by atoms with Crippen LogP contribution in [0.25, 0.3) is 17.4 Å². The number of aromatic nitrogens is 4. The summed E-state index contributed by atoms with van der Waals surface area (Å²) in [6.07, 6.45) is 6.59. The quantitative estimate of drug-likeness (QED) is 0.749. The van der Waals surface area contributed by atoms with Crippen molar-refractivity contribution >= 4 is 29.3 Å². The Morgan fingerprint density at radius 3 is 2.91 bits per heavy atom. The van der Waals surface area contributed by atoms with Crippen LogP contribution in [-0.4, -0.2) is 30.9 Å². The van der Waals surface area contributed by atoms with Gasteiger partial charge in [-0.05, 0) is 31.4 Å². The number of hydrogen-bond donors (Lipinski definition) is 1. The van der Waals surface area contributed by atoms with Gasteiger partial charge in [0.25, 0.3) is 5.78 Å². The van der Waals surface area contributed by atoms with Gasteiger partial charge in [-0.25, -0.2) is 4.98 Å². The van der Waals surface area contributed by atoms with Crippen molar-refractivity contribution in [1.29, 1.82) is 0 Å². The molecule has 23 heavy (non-hydrogen) atoms. The van der Waals surface area contributed by atoms with E-state index in [1.807, 2.05) is 30.3 Å². The van der Waals surface area contributed by atoms with Crippen LogP contribution < -0.4 is 0 Å². The van der Waals surface area contributed by atoms with Crippen LogP contribution in [0.4, 0.5) is 5.69 Å². The molecule has 1 N–H and O–H groups in total. The maximum atomic E-state index is 10.2. The third-order valence-corrected chi connectivity index (χ3v) is 4.32. The monoisotopic (exact) mass is 303 g/mol. The zero-order valence-electron chi connectivity index (χ0n) is 12.3. The highest BCUT2D eigenvalue weighted by molar-refractivity contribution is 6.21. The molecule has 112 valence electrons. The Morgan fingerprint density at radius 2 is 1.96 bits per heavy atom. The molecule has 6 nitrogen and oxygen atoms in total. The summed E-state index contributed by atoms with van der Waals surface area (Å²) in [5, 5.41) is 14.8. The Labute approximate surface area is 131 Å². The van der Waals surface area contributed by atoms with Crippen LogP contribution in [-0.2, 0) is 12.8 Å². The van der Waals surface area contributed by atoms with E-state index in [-0.39, 0.29) is 5.88 Å². The Balaban J connectivity index is 1.71. The summed E-state index contributed by atoms with van der Waals surface area (Å²) in [4.78, 5) is 13.1. The lowest BCUT2D eigenvalue weighted by atomic mass is 10.1. The maximum absolute atomic E-state index is 10.2. The lowest BCUT2D eigenvalue weighted by Gasteiger charge is -2.01. The van der Waals surface area contributed by atoms with Crippen LogP contribution in [0.5, 0.6) is 5.88 Å². The van der Waals surface area contributed by atoms with E-state index < -0.39 is 0 Å². The minimum absolute atomic E-state index is 0.0565. The van der Waals surface area contributed by atoms with E-state index in [0.29, 0.717) is 11.5 Å². The van der Waals surface area contributed by atoms with Gasteiger partial charge in [0.1, 0.15) is 5.69 Å². The fourth-order valence-corrected chi connectivity index (χ4v) is 3.18. The van der Waals surface area contributed by atoms with E-state index in [4.69, 9.17) is 0 Å². The molecule has 0 unspecified atom stereocenters. The Bertz CT molecular complexity index is 1020. The van der Waals surface area contributed by atoms with E-state index in [2.05, 4.69) is 20.1 Å². The predicted octanol–water partition coefficient (Wildman–Crippen LogP) is 2.58. The van der Waals surface area contributed by atoms with E-state index >= 15 is 0 Å². The zero-order valence-corrected chi connectivity index (χ0v) is 12.3. The number of aliphatic imine (C=N–C) groups is 1. The summed E-state index contributed by atoms with van der Waals surface area (Å²) in [5.41, 5.74) is 5.43. The standard InChI is InChI=1S/C17H13N5O/c23-16-15(8-10-9-18-12-5-2-1-4-11(10)12)22-17(20-16)19-13-6-3-7-14(13)21-22/h1-2,4-5,8-9,23H,3,6-7H2. The first kappa shape index (κ1) is 12.5. The number of aryl methyl sites for hydroxylation is 2. The highest BCUT2D eigenvalue weighted by atomic mass is 16.3. The number of nitrogens with zero attached hydrogens (tertiary/aromatic N) is 5. The van der Waals surface area contributed by atoms with Gasteiger partial charge in [-0.15, -0.1) is 0 Å². The van der Waals surface area contributed by atoms with Crippen molar-refractivity contribution in [3.05, 3.63) is 46.9 Å². The summed E-state index contributed by atoms with van der Waals surface area (Å²) in [7, 11) is 0. The van der Waals surface area contributed by atoms with Gasteiger partial charge in [0.15, 0.2) is 0 Å². The molecular formula is C17H13N5O. The smallest absolute Gasteiger partial charge is 0.254 e. The number of fused-ring (bicyclic) bond motifs is 3. The van der Waals surface area contributed by atoms with Crippen LogP contribution >= 0.6 is 0 Å². The fourth-order valence-electron chi connectivity index (χ4n) is 3.18. The van der Waals surface area contributed by atoms with Crippen molar-refractivity contribution in [3.8, 4) is 5.88 Å². The second-order valence-electron chi connectivity index (χ2n) is 5.77. The van der Waals surface area contributed by atoms with Gasteiger partial charge in [-0.2, -0.15) is 14.6 Å². The first-order valence-corrected chi connectivity index (χ1v) is 7.62. The molecule has 3 aromatic rings. The van der Waals surface area contributed by atoms with Crippen molar-refractivity contribution in [2.24, 2.45) is 4.99 Å². The molecule has 0 fully saturated rings. The van der Waals surface area contributed by atoms with E-state index in [9.17, 15) is 5.11 Å². The third-order valence-electron chi connectivity index (χ3n) is 4.32. The van der Waals surface area contributed by atoms with Crippen LogP contribution in [0.15, 0.2) is 29.3 Å². The van der Waals surface area contributed by atoms with Crippen molar-refractivity contribution in [2.45, 2.75) is 19.3 Å². The van der Waals surface area contributed by atoms with Gasteiger partial charge in [-0.1, -0.05) is 18.2 Å². The van der Waals surface area contributed by atoms with Gasteiger partial charge in [0, 0.05) is 17.4 Å². The van der Waals surface area contributed by atoms with Crippen molar-refractivity contribution in [3.63, 3.8) is 0 Å². The first-order valence-electron chi connectivity index (χ1n) is 7.62. The number of para-hydroxylation sites is 1. The van der Waals surface area contributed by atoms with Crippen molar-refractivity contribution < 1.29 is 5.11 Å².